The molecule has 0 aromatic heterocycles. The van der Waals surface area contributed by atoms with Gasteiger partial charge >= 0.3 is 11.9 Å². The predicted molar refractivity (Wildman–Crippen MR) is 239 cm³/mol. The van der Waals surface area contributed by atoms with Crippen LogP contribution in [0.4, 0.5) is 13.2 Å². The van der Waals surface area contributed by atoms with E-state index in [9.17, 15) is 23.6 Å². The summed E-state index contributed by atoms with van der Waals surface area (Å²) in [5.74, 6) is -3.65. The molecular weight excluding hydrogens is 846 g/mol. The minimum absolute atomic E-state index is 0.00142. The van der Waals surface area contributed by atoms with E-state index in [1.54, 1.807) is 28.0 Å². The molecule has 6 aromatic carbocycles. The lowest BCUT2D eigenvalue weighted by molar-refractivity contribution is -0.162. The number of carbonyl (C=O) groups is 4. The Balaban J connectivity index is 0.880. The van der Waals surface area contributed by atoms with Crippen LogP contribution < -0.4 is 9.47 Å². The molecule has 2 amide bonds. The number of carbonyl (C=O) groups excluding carboxylic acids is 4. The van der Waals surface area contributed by atoms with E-state index in [1.807, 2.05) is 60.7 Å². The van der Waals surface area contributed by atoms with Gasteiger partial charge in [0.15, 0.2) is 13.2 Å². The van der Waals surface area contributed by atoms with Gasteiger partial charge in [0.2, 0.25) is 11.8 Å². The van der Waals surface area contributed by atoms with Crippen LogP contribution in [0.5, 0.6) is 11.5 Å². The van der Waals surface area contributed by atoms with E-state index in [0.29, 0.717) is 43.5 Å². The van der Waals surface area contributed by atoms with Crippen LogP contribution in [0.15, 0.2) is 133 Å². The van der Waals surface area contributed by atoms with Crippen molar-refractivity contribution in [2.45, 2.75) is 57.0 Å². The molecule has 2 heterocycles. The molecule has 66 heavy (non-hydrogen) atoms. The number of rotatable bonds is 13. The summed E-state index contributed by atoms with van der Waals surface area (Å²) < 4.78 is 61.6. The SMILES string of the molecule is O=C(COc1ccc(F)cc1C1c2ccccc2CCN1C(=O)CCc1ccccc1F)OC(=O)COc1ccc(F)cc1C1c2ccccc2CCN1C(=O)CC1Cc2ccccc2C1. The zero-order chi connectivity index (χ0) is 45.7. The van der Waals surface area contributed by atoms with Crippen molar-refractivity contribution in [3.05, 3.63) is 201 Å². The third-order valence-electron chi connectivity index (χ3n) is 12.8. The summed E-state index contributed by atoms with van der Waals surface area (Å²) in [6.45, 7) is -0.766. The number of ether oxygens (including phenoxy) is 3. The zero-order valence-corrected chi connectivity index (χ0v) is 36.1. The van der Waals surface area contributed by atoms with Crippen LogP contribution in [0.3, 0.4) is 0 Å². The Bertz CT molecular complexity index is 2790. The van der Waals surface area contributed by atoms with Crippen molar-refractivity contribution >= 4 is 23.8 Å². The van der Waals surface area contributed by atoms with Gasteiger partial charge in [0.1, 0.15) is 29.0 Å². The van der Waals surface area contributed by atoms with Crippen molar-refractivity contribution in [1.29, 1.82) is 0 Å². The lowest BCUT2D eigenvalue weighted by Gasteiger charge is -2.39. The molecule has 0 bridgehead atoms. The first-order chi connectivity index (χ1) is 32.1. The summed E-state index contributed by atoms with van der Waals surface area (Å²) in [5.41, 5.74) is 7.05. The minimum Gasteiger partial charge on any atom is -0.482 e. The van der Waals surface area contributed by atoms with Crippen LogP contribution in [0.2, 0.25) is 0 Å². The fourth-order valence-electron chi connectivity index (χ4n) is 9.77. The van der Waals surface area contributed by atoms with Gasteiger partial charge < -0.3 is 24.0 Å². The van der Waals surface area contributed by atoms with Gasteiger partial charge in [-0.2, -0.15) is 0 Å². The van der Waals surface area contributed by atoms with Gasteiger partial charge in [-0.3, -0.25) is 9.59 Å². The first-order valence-corrected chi connectivity index (χ1v) is 22.2. The number of fused-ring (bicyclic) bond motifs is 3. The number of esters is 2. The van der Waals surface area contributed by atoms with Crippen molar-refractivity contribution in [1.82, 2.24) is 9.80 Å². The number of benzene rings is 6. The summed E-state index contributed by atoms with van der Waals surface area (Å²) in [6.07, 6.45) is 3.24. The molecule has 9 nitrogen and oxygen atoms in total. The van der Waals surface area contributed by atoms with Crippen molar-refractivity contribution in [2.24, 2.45) is 5.92 Å². The standard InChI is InChI=1S/C54H47F3N2O7/c55-40-18-20-47(44(30-40)53-42-14-6-3-9-35(42)23-25-58(53)49(60)22-17-37-11-5-8-16-46(37)57)64-32-51(62)66-52(63)33-65-48-21-19-41(56)31-45(48)54-43-15-7-4-10-36(43)24-26-59(54)50(61)29-34-27-38-12-1-2-13-39(38)28-34/h1-16,18-21,30-31,34,53-54H,17,22-29,32-33H2. The molecule has 3 aliphatic rings. The third-order valence-corrected chi connectivity index (χ3v) is 12.8. The van der Waals surface area contributed by atoms with Gasteiger partial charge in [-0.05, 0) is 119 Å². The lowest BCUT2D eigenvalue weighted by Crippen LogP contribution is -2.41. The lowest BCUT2D eigenvalue weighted by atomic mass is 9.87. The quantitative estimate of drug-likeness (QED) is 0.0843. The zero-order valence-electron chi connectivity index (χ0n) is 36.1. The number of nitrogens with zero attached hydrogens (tertiary/aromatic N) is 2. The first-order valence-electron chi connectivity index (χ1n) is 22.2. The Hall–Kier alpha value is -7.21. The molecule has 0 radical (unpaired) electrons. The number of hydrogen-bond donors (Lipinski definition) is 0. The van der Waals surface area contributed by atoms with Crippen molar-refractivity contribution in [3.8, 4) is 11.5 Å². The molecule has 0 saturated heterocycles. The van der Waals surface area contributed by atoms with Gasteiger partial charge in [-0.15, -0.1) is 0 Å². The predicted octanol–water partition coefficient (Wildman–Crippen LogP) is 9.02. The molecule has 0 N–H and O–H groups in total. The van der Waals surface area contributed by atoms with Crippen molar-refractivity contribution in [2.75, 3.05) is 26.3 Å². The molecule has 0 saturated carbocycles. The highest BCUT2D eigenvalue weighted by Crippen LogP contribution is 2.42. The molecule has 336 valence electrons. The second kappa shape index (κ2) is 19.5. The van der Waals surface area contributed by atoms with Crippen LogP contribution in [-0.4, -0.2) is 59.9 Å². The van der Waals surface area contributed by atoms with Crippen molar-refractivity contribution in [3.63, 3.8) is 0 Å². The maximum absolute atomic E-state index is 15.1. The monoisotopic (exact) mass is 892 g/mol. The molecule has 6 aromatic rings. The number of halogens is 3. The maximum atomic E-state index is 15.1. The van der Waals surface area contributed by atoms with Gasteiger partial charge in [0, 0.05) is 37.1 Å². The van der Waals surface area contributed by atoms with E-state index >= 15 is 8.78 Å². The molecule has 2 unspecified atom stereocenters. The van der Waals surface area contributed by atoms with Crippen LogP contribution in [0, 0.1) is 23.4 Å². The summed E-state index contributed by atoms with van der Waals surface area (Å²) in [7, 11) is 0. The van der Waals surface area contributed by atoms with E-state index < -0.39 is 54.7 Å². The highest BCUT2D eigenvalue weighted by atomic mass is 19.1. The average Bonchev–Trinajstić information content (AvgIpc) is 3.74. The number of aryl methyl sites for hydroxylation is 1. The van der Waals surface area contributed by atoms with E-state index in [4.69, 9.17) is 14.2 Å². The van der Waals surface area contributed by atoms with Gasteiger partial charge in [0.05, 0.1) is 12.1 Å². The highest BCUT2D eigenvalue weighted by molar-refractivity contribution is 5.87. The Kier molecular flexibility index (Phi) is 13.0. The smallest absolute Gasteiger partial charge is 0.351 e. The maximum Gasteiger partial charge on any atom is 0.351 e. The largest absolute Gasteiger partial charge is 0.482 e. The summed E-state index contributed by atoms with van der Waals surface area (Å²) in [4.78, 5) is 57.7. The van der Waals surface area contributed by atoms with Gasteiger partial charge in [0.25, 0.3) is 0 Å². The molecule has 2 aliphatic heterocycles. The summed E-state index contributed by atoms with van der Waals surface area (Å²) in [6, 6.07) is 35.8. The highest BCUT2D eigenvalue weighted by Gasteiger charge is 2.37. The van der Waals surface area contributed by atoms with Gasteiger partial charge in [-0.25, -0.2) is 22.8 Å². The topological polar surface area (TPSA) is 102 Å². The Labute approximate surface area is 380 Å². The molecule has 12 heteroatoms. The normalized spacial score (nSPS) is 16.5. The minimum atomic E-state index is -1.06. The first kappa shape index (κ1) is 44.0. The molecule has 1 aliphatic carbocycles. The third kappa shape index (κ3) is 9.59. The van der Waals surface area contributed by atoms with Gasteiger partial charge in [-0.1, -0.05) is 91.0 Å². The molecule has 9 rings (SSSR count). The van der Waals surface area contributed by atoms with E-state index in [2.05, 4.69) is 12.1 Å². The second-order valence-corrected chi connectivity index (χ2v) is 17.0. The number of hydrogen-bond acceptors (Lipinski definition) is 7. The van der Waals surface area contributed by atoms with Crippen molar-refractivity contribution < 1.29 is 46.6 Å². The van der Waals surface area contributed by atoms with Crippen LogP contribution >= 0.6 is 0 Å². The fourth-order valence-corrected chi connectivity index (χ4v) is 9.77. The van der Waals surface area contributed by atoms with Crippen LogP contribution in [0.1, 0.15) is 75.0 Å². The van der Waals surface area contributed by atoms with E-state index in [1.165, 1.54) is 47.5 Å². The van der Waals surface area contributed by atoms with Crippen LogP contribution in [0.25, 0.3) is 0 Å². The summed E-state index contributed by atoms with van der Waals surface area (Å²) in [5, 5.41) is 0. The molecule has 0 spiro atoms. The Morgan fingerprint density at radius 2 is 1.00 bits per heavy atom. The molecule has 0 fully saturated rings. The summed E-state index contributed by atoms with van der Waals surface area (Å²) >= 11 is 0. The average molecular weight is 893 g/mol. The van der Waals surface area contributed by atoms with E-state index in [0.717, 1.165) is 41.2 Å². The van der Waals surface area contributed by atoms with E-state index in [-0.39, 0.29) is 47.6 Å². The Morgan fingerprint density at radius 1 is 0.530 bits per heavy atom. The molecular formula is C54H47F3N2O7. The second-order valence-electron chi connectivity index (χ2n) is 17.0. The fraction of sp³-hybridized carbons (Fsp3) is 0.259. The molecule has 2 atom stereocenters. The van der Waals surface area contributed by atoms with Crippen LogP contribution in [-0.2, 0) is 56.0 Å². The number of amides is 2. The Morgan fingerprint density at radius 3 is 1.53 bits per heavy atom.